The van der Waals surface area contributed by atoms with Gasteiger partial charge in [0.05, 0.1) is 12.2 Å². The molecule has 1 aliphatic rings. The Bertz CT molecular complexity index is 866. The molecular formula is C23H28F3N3O2. The molecule has 2 aromatic rings. The lowest BCUT2D eigenvalue weighted by molar-refractivity contribution is -0.139. The number of benzene rings is 2. The Hall–Kier alpha value is -2.74. The fourth-order valence-electron chi connectivity index (χ4n) is 3.68. The number of aryl methyl sites for hydroxylation is 1. The van der Waals surface area contributed by atoms with Crippen LogP contribution in [0.15, 0.2) is 53.7 Å². The maximum atomic E-state index is 13.5. The molecule has 0 aliphatic carbocycles. The predicted molar refractivity (Wildman–Crippen MR) is 113 cm³/mol. The normalized spacial score (nSPS) is 15.6. The number of alkyl halides is 3. The first-order valence-corrected chi connectivity index (χ1v) is 10.4. The molecule has 3 N–H and O–H groups in total. The van der Waals surface area contributed by atoms with E-state index in [1.165, 1.54) is 11.6 Å². The second-order valence-corrected chi connectivity index (χ2v) is 7.89. The highest BCUT2D eigenvalue weighted by Crippen LogP contribution is 2.37. The fraction of sp³-hybridized carbons (Fsp3) is 0.435. The summed E-state index contributed by atoms with van der Waals surface area (Å²) in [6.07, 6.45) is -0.957. The van der Waals surface area contributed by atoms with Gasteiger partial charge in [0.25, 0.3) is 0 Å². The second-order valence-electron chi connectivity index (χ2n) is 7.89. The number of halogens is 3. The topological polar surface area (TPSA) is 71.1 Å². The first-order valence-electron chi connectivity index (χ1n) is 10.4. The van der Waals surface area contributed by atoms with Gasteiger partial charge in [-0.3, -0.25) is 4.90 Å². The average Bonchev–Trinajstić information content (AvgIpc) is 2.73. The van der Waals surface area contributed by atoms with Crippen molar-refractivity contribution < 1.29 is 23.1 Å². The lowest BCUT2D eigenvalue weighted by Gasteiger charge is -2.38. The number of hydrogen-bond donors (Lipinski definition) is 2. The number of oxime groups is 1. The summed E-state index contributed by atoms with van der Waals surface area (Å²) in [5.74, 6) is -0.0335. The van der Waals surface area contributed by atoms with E-state index in [9.17, 15) is 13.2 Å². The van der Waals surface area contributed by atoms with Crippen LogP contribution in [0.1, 0.15) is 36.0 Å². The minimum absolute atomic E-state index is 0.0587. The SMILES string of the molecule is N/C(=N\O)C1CN(Cc2ccc(OCCCCCc3ccccc3)c(C(F)(F)F)c2)C1. The summed E-state index contributed by atoms with van der Waals surface area (Å²) in [5, 5.41) is 11.7. The van der Waals surface area contributed by atoms with Crippen LogP contribution < -0.4 is 10.5 Å². The highest BCUT2D eigenvalue weighted by Gasteiger charge is 2.35. The lowest BCUT2D eigenvalue weighted by Crippen LogP contribution is -2.51. The molecule has 0 atom stereocenters. The molecule has 0 aromatic heterocycles. The third-order valence-corrected chi connectivity index (χ3v) is 5.46. The van der Waals surface area contributed by atoms with Crippen molar-refractivity contribution >= 4 is 5.84 Å². The number of nitrogens with two attached hydrogens (primary N) is 1. The van der Waals surface area contributed by atoms with Gasteiger partial charge >= 0.3 is 6.18 Å². The maximum Gasteiger partial charge on any atom is 0.419 e. The van der Waals surface area contributed by atoms with Crippen LogP contribution in [0.5, 0.6) is 5.75 Å². The molecular weight excluding hydrogens is 407 g/mol. The molecule has 0 spiro atoms. The molecule has 0 bridgehead atoms. The van der Waals surface area contributed by atoms with Gasteiger partial charge in [-0.15, -0.1) is 0 Å². The molecule has 31 heavy (non-hydrogen) atoms. The van der Waals surface area contributed by atoms with Crippen LogP contribution in [0.3, 0.4) is 0 Å². The molecule has 1 heterocycles. The first kappa shape index (κ1) is 22.9. The number of likely N-dealkylation sites (tertiary alicyclic amines) is 1. The highest BCUT2D eigenvalue weighted by molar-refractivity contribution is 5.83. The molecule has 0 radical (unpaired) electrons. The Morgan fingerprint density at radius 3 is 2.48 bits per heavy atom. The quantitative estimate of drug-likeness (QED) is 0.187. The summed E-state index contributed by atoms with van der Waals surface area (Å²) in [7, 11) is 0. The van der Waals surface area contributed by atoms with Crippen LogP contribution in [-0.2, 0) is 19.1 Å². The van der Waals surface area contributed by atoms with Crippen molar-refractivity contribution in [2.24, 2.45) is 16.8 Å². The smallest absolute Gasteiger partial charge is 0.419 e. The highest BCUT2D eigenvalue weighted by atomic mass is 19.4. The summed E-state index contributed by atoms with van der Waals surface area (Å²) in [4.78, 5) is 1.95. The Labute approximate surface area is 180 Å². The molecule has 0 amide bonds. The first-order chi connectivity index (χ1) is 14.9. The summed E-state index contributed by atoms with van der Waals surface area (Å²) in [5.41, 5.74) is 6.62. The van der Waals surface area contributed by atoms with Crippen LogP contribution in [0.25, 0.3) is 0 Å². The van der Waals surface area contributed by atoms with Crippen molar-refractivity contribution in [1.82, 2.24) is 4.90 Å². The van der Waals surface area contributed by atoms with Crippen molar-refractivity contribution in [3.63, 3.8) is 0 Å². The monoisotopic (exact) mass is 435 g/mol. The van der Waals surface area contributed by atoms with Crippen molar-refractivity contribution in [3.05, 3.63) is 65.2 Å². The molecule has 1 saturated heterocycles. The summed E-state index contributed by atoms with van der Waals surface area (Å²) >= 11 is 0. The van der Waals surface area contributed by atoms with Crippen LogP contribution >= 0.6 is 0 Å². The average molecular weight is 435 g/mol. The van der Waals surface area contributed by atoms with E-state index in [1.807, 2.05) is 23.1 Å². The molecule has 0 saturated carbocycles. The Kier molecular flexibility index (Phi) is 7.79. The van der Waals surface area contributed by atoms with Crippen LogP contribution in [-0.4, -0.2) is 35.6 Å². The van der Waals surface area contributed by atoms with Gasteiger partial charge in [-0.2, -0.15) is 13.2 Å². The van der Waals surface area contributed by atoms with Gasteiger partial charge in [0, 0.05) is 25.6 Å². The summed E-state index contributed by atoms with van der Waals surface area (Å²) < 4.78 is 46.1. The van der Waals surface area contributed by atoms with Gasteiger partial charge < -0.3 is 15.7 Å². The number of hydrogen-bond acceptors (Lipinski definition) is 4. The number of amidine groups is 1. The van der Waals surface area contributed by atoms with Gasteiger partial charge in [0.15, 0.2) is 0 Å². The fourth-order valence-corrected chi connectivity index (χ4v) is 3.68. The lowest BCUT2D eigenvalue weighted by atomic mass is 9.98. The molecule has 3 rings (SSSR count). The minimum Gasteiger partial charge on any atom is -0.493 e. The zero-order chi connectivity index (χ0) is 22.3. The molecule has 1 aliphatic heterocycles. The molecule has 2 aromatic carbocycles. The van der Waals surface area contributed by atoms with Gasteiger partial charge in [0.1, 0.15) is 11.6 Å². The third-order valence-electron chi connectivity index (χ3n) is 5.46. The van der Waals surface area contributed by atoms with E-state index < -0.39 is 11.7 Å². The standard InChI is InChI=1S/C23H28F3N3O2/c24-23(25,26)20-13-18(14-29-15-19(16-29)22(27)28-30)10-11-21(20)31-12-6-2-5-9-17-7-3-1-4-8-17/h1,3-4,7-8,10-11,13,19,30H,2,5-6,9,12,14-16H2,(H2,27,28). The van der Waals surface area contributed by atoms with Gasteiger partial charge in [-0.25, -0.2) is 0 Å². The molecule has 168 valence electrons. The number of ether oxygens (including phenoxy) is 1. The Balaban J connectivity index is 1.48. The molecule has 0 unspecified atom stereocenters. The van der Waals surface area contributed by atoms with E-state index in [1.54, 1.807) is 6.07 Å². The van der Waals surface area contributed by atoms with Crippen LogP contribution in [0, 0.1) is 5.92 Å². The van der Waals surface area contributed by atoms with Crippen molar-refractivity contribution in [2.45, 2.75) is 38.4 Å². The number of rotatable bonds is 10. The van der Waals surface area contributed by atoms with Gasteiger partial charge in [-0.05, 0) is 48.9 Å². The zero-order valence-corrected chi connectivity index (χ0v) is 17.3. The largest absolute Gasteiger partial charge is 0.493 e. The van der Waals surface area contributed by atoms with E-state index >= 15 is 0 Å². The number of nitrogens with zero attached hydrogens (tertiary/aromatic N) is 2. The molecule has 1 fully saturated rings. The Morgan fingerprint density at radius 2 is 1.81 bits per heavy atom. The molecule has 8 heteroatoms. The second kappa shape index (κ2) is 10.5. The third kappa shape index (κ3) is 6.62. The summed E-state index contributed by atoms with van der Waals surface area (Å²) in [6.45, 7) is 1.74. The molecule has 5 nitrogen and oxygen atoms in total. The zero-order valence-electron chi connectivity index (χ0n) is 17.3. The predicted octanol–water partition coefficient (Wildman–Crippen LogP) is 4.68. The van der Waals surface area contributed by atoms with E-state index in [-0.39, 0.29) is 24.1 Å². The van der Waals surface area contributed by atoms with Gasteiger partial charge in [-0.1, -0.05) is 41.6 Å². The number of unbranched alkanes of at least 4 members (excludes halogenated alkanes) is 2. The van der Waals surface area contributed by atoms with Gasteiger partial charge in [0.2, 0.25) is 0 Å². The van der Waals surface area contributed by atoms with E-state index in [0.29, 0.717) is 31.6 Å². The van der Waals surface area contributed by atoms with E-state index in [2.05, 4.69) is 17.3 Å². The van der Waals surface area contributed by atoms with Crippen molar-refractivity contribution in [1.29, 1.82) is 0 Å². The van der Waals surface area contributed by atoms with E-state index in [4.69, 9.17) is 15.7 Å². The summed E-state index contributed by atoms with van der Waals surface area (Å²) in [6, 6.07) is 14.3. The van der Waals surface area contributed by atoms with Crippen molar-refractivity contribution in [2.75, 3.05) is 19.7 Å². The van der Waals surface area contributed by atoms with Crippen LogP contribution in [0.4, 0.5) is 13.2 Å². The minimum atomic E-state index is -4.48. The maximum absolute atomic E-state index is 13.5. The Morgan fingerprint density at radius 1 is 1.06 bits per heavy atom. The van der Waals surface area contributed by atoms with E-state index in [0.717, 1.165) is 25.3 Å². The van der Waals surface area contributed by atoms with Crippen molar-refractivity contribution in [3.8, 4) is 5.75 Å². The van der Waals surface area contributed by atoms with Crippen LogP contribution in [0.2, 0.25) is 0 Å².